The number of Topliss-reactive ketones (excluding diaryl/α,β-unsaturated/α-hetero) is 1. The number of carbonyl (C=O) groups excluding carboxylic acids is 5. The van der Waals surface area contributed by atoms with Crippen molar-refractivity contribution in [3.05, 3.63) is 98.6 Å². The third-order valence-corrected chi connectivity index (χ3v) is 26.8. The van der Waals surface area contributed by atoms with Crippen LogP contribution in [0.15, 0.2) is 55.4 Å². The molecule has 0 bridgehead atoms. The largest absolute Gasteiger partial charge is 1.00 e. The third kappa shape index (κ3) is 20.0. The summed E-state index contributed by atoms with van der Waals surface area (Å²) in [6, 6.07) is 0. The van der Waals surface area contributed by atoms with Gasteiger partial charge in [-0.25, -0.2) is 9.69 Å². The van der Waals surface area contributed by atoms with E-state index < -0.39 is 5.41 Å². The summed E-state index contributed by atoms with van der Waals surface area (Å²) in [5, 5.41) is 44.3. The Morgan fingerprint density at radius 2 is 0.935 bits per heavy atom. The normalized spacial score (nSPS) is 30.4. The predicted octanol–water partition coefficient (Wildman–Crippen LogP) is 11.2. The van der Waals surface area contributed by atoms with E-state index in [1.165, 1.54) is 49.2 Å². The van der Waals surface area contributed by atoms with E-state index in [0.717, 1.165) is 142 Å². The molecule has 0 unspecified atom stereocenters. The van der Waals surface area contributed by atoms with Crippen LogP contribution < -0.4 is 45.3 Å². The molecule has 5 saturated heterocycles. The molecular formula is C85H140N11NaO11. The third-order valence-electron chi connectivity index (χ3n) is 26.8. The van der Waals surface area contributed by atoms with Crippen LogP contribution in [0.2, 0.25) is 0 Å². The number of allylic oxidation sites excluding steroid dienone is 3. The first kappa shape index (κ1) is 92.9. The van der Waals surface area contributed by atoms with Crippen molar-refractivity contribution in [2.24, 2.45) is 67.5 Å². The molecule has 3 aromatic rings. The van der Waals surface area contributed by atoms with Crippen molar-refractivity contribution in [3.63, 3.8) is 0 Å². The van der Waals surface area contributed by atoms with E-state index in [1.807, 2.05) is 67.1 Å². The molecule has 4 N–H and O–H groups in total. The summed E-state index contributed by atoms with van der Waals surface area (Å²) in [4.78, 5) is 74.5. The quantitative estimate of drug-likeness (QED) is 0.140. The zero-order chi connectivity index (χ0) is 81.6. The average Bonchev–Trinajstić information content (AvgIpc) is 1.55. The van der Waals surface area contributed by atoms with E-state index >= 15 is 0 Å². The maximum atomic E-state index is 12.4. The molecule has 10 aliphatic rings. The zero-order valence-electron chi connectivity index (χ0n) is 72.2. The predicted molar refractivity (Wildman–Crippen MR) is 421 cm³/mol. The van der Waals surface area contributed by atoms with Crippen molar-refractivity contribution in [1.82, 2.24) is 45.7 Å². The Hall–Kier alpha value is -5.72. The Balaban J connectivity index is 0.000000341. The number of amides is 4. The van der Waals surface area contributed by atoms with Crippen molar-refractivity contribution < 1.29 is 85.4 Å². The van der Waals surface area contributed by atoms with Crippen molar-refractivity contribution in [3.8, 4) is 0 Å². The second-order valence-corrected chi connectivity index (χ2v) is 36.1. The smallest absolute Gasteiger partial charge is 0.857 e. The second kappa shape index (κ2) is 38.2. The average molecular weight is 1520 g/mol. The summed E-state index contributed by atoms with van der Waals surface area (Å²) in [6.07, 6.45) is 21.1. The van der Waals surface area contributed by atoms with Crippen LogP contribution in [0.1, 0.15) is 260 Å². The van der Waals surface area contributed by atoms with Gasteiger partial charge in [0.05, 0.1) is 31.7 Å². The molecule has 108 heavy (non-hydrogen) atoms. The summed E-state index contributed by atoms with van der Waals surface area (Å²) in [5.74, 6) is 6.08. The van der Waals surface area contributed by atoms with Gasteiger partial charge in [0, 0.05) is 133 Å². The van der Waals surface area contributed by atoms with Gasteiger partial charge in [-0.1, -0.05) is 154 Å². The fraction of sp³-hybridized carbons (Fsp3) is 0.765. The summed E-state index contributed by atoms with van der Waals surface area (Å²) in [7, 11) is 1.75. The van der Waals surface area contributed by atoms with Gasteiger partial charge in [0.15, 0.2) is 5.78 Å². The van der Waals surface area contributed by atoms with Gasteiger partial charge in [-0.05, 0) is 166 Å². The SMILES string of the molecule is C.CC(=O)N1CCC[C@H]2C(C)(C)c3oncc3C[C@]2(C)C1.CC1(C)c2oncc2C[C@]2(C)CNC(=O)CC[C@@H]12.CC1(C)c2oncc2C[C@]2(C)CNCCC[C@@H]12.CCN(CC)CC.CO.C[O-].[2H][2H].[C-]#[N+]C1=C(O)C(C)(C)[C@@H]2CCCN(C(C)=O)C[C@@]2(C)C1.[C-]#[N+]C1=C[C@]2(C)CN(C(C)=O)CCC[C@H]2C(C)(C)C1=O.[Na+]. The number of carbonyl (C=O) groups is 5. The summed E-state index contributed by atoms with van der Waals surface area (Å²) < 4.78 is 26.6. The molecule has 23 heteroatoms. The molecule has 5 aliphatic carbocycles. The Morgan fingerprint density at radius 3 is 1.34 bits per heavy atom. The monoisotopic (exact) mass is 1520 g/mol. The van der Waals surface area contributed by atoms with Crippen molar-refractivity contribution >= 4 is 29.4 Å². The summed E-state index contributed by atoms with van der Waals surface area (Å²) >= 11 is 0. The van der Waals surface area contributed by atoms with Crippen LogP contribution >= 0.6 is 0 Å². The van der Waals surface area contributed by atoms with E-state index in [9.17, 15) is 29.1 Å². The number of hydrogen-bond donors (Lipinski definition) is 4. The van der Waals surface area contributed by atoms with Gasteiger partial charge in [0.1, 0.15) is 23.0 Å². The Morgan fingerprint density at radius 1 is 0.565 bits per heavy atom. The number of nitrogens with zero attached hydrogens (tertiary/aromatic N) is 9. The minimum Gasteiger partial charge on any atom is -0.857 e. The van der Waals surface area contributed by atoms with Gasteiger partial charge in [0.2, 0.25) is 35.0 Å². The minimum atomic E-state index is -0.532. The summed E-state index contributed by atoms with van der Waals surface area (Å²) in [5.41, 5.74) is 3.73. The Kier molecular flexibility index (Phi) is 32.9. The van der Waals surface area contributed by atoms with Crippen LogP contribution in [-0.2, 0) is 59.5 Å². The van der Waals surface area contributed by atoms with E-state index in [2.05, 4.69) is 138 Å². The van der Waals surface area contributed by atoms with Crippen molar-refractivity contribution in [2.75, 3.05) is 92.8 Å². The molecule has 0 spiro atoms. The van der Waals surface area contributed by atoms with Gasteiger partial charge >= 0.3 is 29.6 Å². The molecule has 0 aromatic carbocycles. The minimum absolute atomic E-state index is 0. The first-order valence-corrected chi connectivity index (χ1v) is 39.2. The van der Waals surface area contributed by atoms with Crippen LogP contribution in [0, 0.1) is 80.6 Å². The maximum absolute atomic E-state index is 12.4. The fourth-order valence-corrected chi connectivity index (χ4v) is 21.8. The molecule has 5 aliphatic heterocycles. The molecule has 13 rings (SSSR count). The van der Waals surface area contributed by atoms with E-state index in [0.29, 0.717) is 60.7 Å². The van der Waals surface area contributed by atoms with Gasteiger partial charge in [-0.3, -0.25) is 19.2 Å². The van der Waals surface area contributed by atoms with Crippen LogP contribution in [0.25, 0.3) is 9.69 Å². The second-order valence-electron chi connectivity index (χ2n) is 36.1. The zero-order valence-corrected chi connectivity index (χ0v) is 72.2. The maximum Gasteiger partial charge on any atom is 1.00 e. The van der Waals surface area contributed by atoms with Gasteiger partial charge in [0.25, 0.3) is 0 Å². The molecule has 0 saturated carbocycles. The number of fused-ring (bicyclic) bond motifs is 8. The van der Waals surface area contributed by atoms with E-state index in [1.54, 1.807) is 20.8 Å². The van der Waals surface area contributed by atoms with E-state index in [4.69, 9.17) is 39.9 Å². The molecular weight excluding hydrogens is 1370 g/mol. The van der Waals surface area contributed by atoms with Gasteiger partial charge in [-0.15, -0.1) is 0 Å². The number of ketones is 1. The van der Waals surface area contributed by atoms with Gasteiger partial charge in [-0.2, -0.15) is 7.11 Å². The van der Waals surface area contributed by atoms with E-state index in [-0.39, 0.29) is 127 Å². The van der Waals surface area contributed by atoms with Crippen LogP contribution in [0.5, 0.6) is 0 Å². The Bertz CT molecular complexity index is 3670. The fourth-order valence-electron chi connectivity index (χ4n) is 21.8. The number of likely N-dealkylation sites (tertiary alicyclic amines) is 3. The van der Waals surface area contributed by atoms with Gasteiger partial charge < -0.3 is 63.9 Å². The first-order valence-electron chi connectivity index (χ1n) is 40.2. The molecule has 22 nitrogen and oxygen atoms in total. The number of hydrogen-bond acceptors (Lipinski definition) is 16. The number of aliphatic hydroxyl groups is 2. The standard InChI is InChI=1S/2C16H24N2O2.C16H22N2O2.C14H20N2O2.C14H22N2O.C6H15N.CH4O.CH3O.CH4.Na.H2/c1-11(19)18-7-5-6-13-15(2,3)14-12(9-17-20-14)8-16(13,4)10-18;2*1-11(19)18-8-6-7-13-15(2,3)14(20)12(17-5)9-16(13,4)10-18;1-13(2)10-4-5-11(17)15-8-14(10,3)6-9-7-16-18-12(9)13;1-13(2)11-5-4-6-15-9-14(11,3)7-10-8-16-17-12(10)13;1-4-7(5-2)6-3;2*1-2;;;/h9,13H,5-8,10H2,1-4H3;13,20H,6-10H2,1-4H3;9,13H,6-8,10H2,1-4H3;7,10H,4-6,8H2,1-3H3,(H,15,17);8,11,15H,4-7,9H2,1-3H3;4-6H2,1-3H3;2H,1H3;1H3;1H4;;1H/q;;;;;;;-1;;+1;/t3*13-,16+;10-,14+;11-,14+;;;;;;/m00000....../s1/i;;;;;;;;;;1+1D. The van der Waals surface area contributed by atoms with Crippen molar-refractivity contribution in [1.29, 1.82) is 0 Å². The summed E-state index contributed by atoms with van der Waals surface area (Å²) in [6.45, 7) is 70.0. The molecule has 5 fully saturated rings. The molecule has 10 atom stereocenters. The number of rotatable bonds is 3. The van der Waals surface area contributed by atoms with Crippen LogP contribution in [0.3, 0.4) is 0 Å². The first-order chi connectivity index (χ1) is 50.6. The topological polar surface area (TPSA) is 273 Å². The molecule has 3 aromatic heterocycles. The number of nitrogens with one attached hydrogen (secondary N) is 2. The van der Waals surface area contributed by atoms with Crippen LogP contribution in [0.4, 0.5) is 0 Å². The number of aromatic nitrogens is 3. The molecule has 4 amide bonds. The molecule has 8 heterocycles. The Labute approximate surface area is 674 Å². The molecule has 602 valence electrons. The number of aliphatic hydroxyl groups excluding tert-OH is 2. The molecule has 0 radical (unpaired) electrons. The van der Waals surface area contributed by atoms with Crippen LogP contribution in [-0.4, -0.2) is 167 Å². The van der Waals surface area contributed by atoms with Crippen molar-refractivity contribution in [2.45, 2.75) is 259 Å².